The summed E-state index contributed by atoms with van der Waals surface area (Å²) in [6.45, 7) is 2.20. The van der Waals surface area contributed by atoms with Gasteiger partial charge in [0.05, 0.1) is 12.7 Å². The van der Waals surface area contributed by atoms with Crippen LogP contribution in [-0.4, -0.2) is 44.0 Å². The topological polar surface area (TPSA) is 93.8 Å². The number of methoxy groups -OCH3 is 2. The zero-order valence-electron chi connectivity index (χ0n) is 12.1. The second-order valence-corrected chi connectivity index (χ2v) is 4.92. The molecule has 0 aliphatic carbocycles. The van der Waals surface area contributed by atoms with E-state index in [-0.39, 0.29) is 12.5 Å². The van der Waals surface area contributed by atoms with Crippen LogP contribution in [0.15, 0.2) is 18.2 Å². The smallest absolute Gasteiger partial charge is 0.251 e. The van der Waals surface area contributed by atoms with E-state index < -0.39 is 5.60 Å². The lowest BCUT2D eigenvalue weighted by atomic mass is 10.0. The van der Waals surface area contributed by atoms with Crippen molar-refractivity contribution in [3.63, 3.8) is 0 Å². The van der Waals surface area contributed by atoms with Gasteiger partial charge in [0.15, 0.2) is 0 Å². The van der Waals surface area contributed by atoms with Gasteiger partial charge in [-0.25, -0.2) is 0 Å². The maximum atomic E-state index is 12.0. The van der Waals surface area contributed by atoms with Gasteiger partial charge in [0.1, 0.15) is 5.75 Å². The lowest BCUT2D eigenvalue weighted by Gasteiger charge is -2.23. The van der Waals surface area contributed by atoms with Gasteiger partial charge >= 0.3 is 0 Å². The highest BCUT2D eigenvalue weighted by molar-refractivity contribution is 5.95. The minimum absolute atomic E-state index is 0.131. The lowest BCUT2D eigenvalue weighted by molar-refractivity contribution is 0.0243. The Morgan fingerprint density at radius 2 is 2.10 bits per heavy atom. The molecule has 0 spiro atoms. The second kappa shape index (κ2) is 7.12. The molecular weight excluding hydrogens is 260 g/mol. The maximum absolute atomic E-state index is 12.0. The van der Waals surface area contributed by atoms with E-state index in [4.69, 9.17) is 15.2 Å². The van der Waals surface area contributed by atoms with E-state index in [1.807, 2.05) is 0 Å². The van der Waals surface area contributed by atoms with Crippen LogP contribution in [0.4, 0.5) is 5.69 Å². The van der Waals surface area contributed by atoms with E-state index in [9.17, 15) is 9.90 Å². The number of benzene rings is 1. The number of rotatable bonds is 7. The van der Waals surface area contributed by atoms with Crippen molar-refractivity contribution in [2.75, 3.05) is 33.1 Å². The summed E-state index contributed by atoms with van der Waals surface area (Å²) in [5.74, 6) is 0.203. The van der Waals surface area contributed by atoms with Crippen LogP contribution in [-0.2, 0) is 4.74 Å². The summed E-state index contributed by atoms with van der Waals surface area (Å²) in [7, 11) is 3.07. The van der Waals surface area contributed by atoms with Crippen molar-refractivity contribution < 1.29 is 19.4 Å². The number of amides is 1. The highest BCUT2D eigenvalue weighted by Gasteiger charge is 2.21. The zero-order valence-corrected chi connectivity index (χ0v) is 12.1. The van der Waals surface area contributed by atoms with Crippen molar-refractivity contribution in [3.8, 4) is 5.75 Å². The Morgan fingerprint density at radius 1 is 1.40 bits per heavy atom. The molecule has 1 atom stereocenters. The van der Waals surface area contributed by atoms with E-state index in [0.717, 1.165) is 0 Å². The number of hydrogen-bond donors (Lipinski definition) is 3. The Kier molecular flexibility index (Phi) is 5.79. The van der Waals surface area contributed by atoms with Crippen LogP contribution in [0, 0.1) is 0 Å². The largest absolute Gasteiger partial charge is 0.497 e. The normalized spacial score (nSPS) is 13.6. The van der Waals surface area contributed by atoms with Gasteiger partial charge in [-0.05, 0) is 19.1 Å². The zero-order chi connectivity index (χ0) is 15.2. The summed E-state index contributed by atoms with van der Waals surface area (Å²) < 4.78 is 9.97. The number of carbonyl (C=O) groups excluding carboxylic acids is 1. The van der Waals surface area contributed by atoms with Crippen LogP contribution >= 0.6 is 0 Å². The molecule has 4 N–H and O–H groups in total. The molecule has 0 aliphatic rings. The highest BCUT2D eigenvalue weighted by Crippen LogP contribution is 2.18. The summed E-state index contributed by atoms with van der Waals surface area (Å²) in [6, 6.07) is 4.78. The SMILES string of the molecule is COCCC(C)(O)CNC(=O)c1cc(N)cc(OC)c1. The molecule has 20 heavy (non-hydrogen) atoms. The van der Waals surface area contributed by atoms with Crippen LogP contribution in [0.2, 0.25) is 0 Å². The summed E-state index contributed by atoms with van der Waals surface area (Å²) in [5.41, 5.74) is 5.51. The molecule has 1 unspecified atom stereocenters. The van der Waals surface area contributed by atoms with Crippen molar-refractivity contribution in [2.45, 2.75) is 18.9 Å². The van der Waals surface area contributed by atoms with Gasteiger partial charge in [0.2, 0.25) is 0 Å². The average molecular weight is 282 g/mol. The van der Waals surface area contributed by atoms with Crippen LogP contribution in [0.5, 0.6) is 5.75 Å². The van der Waals surface area contributed by atoms with Crippen molar-refractivity contribution >= 4 is 11.6 Å². The van der Waals surface area contributed by atoms with Gasteiger partial charge in [-0.15, -0.1) is 0 Å². The third kappa shape index (κ3) is 5.07. The first-order chi connectivity index (χ1) is 9.38. The van der Waals surface area contributed by atoms with Crippen molar-refractivity contribution in [2.24, 2.45) is 0 Å². The Balaban J connectivity index is 2.65. The molecule has 1 aromatic carbocycles. The number of aliphatic hydroxyl groups is 1. The second-order valence-electron chi connectivity index (χ2n) is 4.92. The molecule has 0 bridgehead atoms. The number of hydrogen-bond acceptors (Lipinski definition) is 5. The Bertz CT molecular complexity index is 460. The molecule has 6 nitrogen and oxygen atoms in total. The first-order valence-corrected chi connectivity index (χ1v) is 6.32. The van der Waals surface area contributed by atoms with Crippen molar-refractivity contribution in [3.05, 3.63) is 23.8 Å². The van der Waals surface area contributed by atoms with E-state index in [2.05, 4.69) is 5.32 Å². The first kappa shape index (κ1) is 16.3. The Labute approximate surface area is 118 Å². The number of ether oxygens (including phenoxy) is 2. The van der Waals surface area contributed by atoms with E-state index in [0.29, 0.717) is 30.0 Å². The molecule has 0 aromatic heterocycles. The summed E-state index contributed by atoms with van der Waals surface area (Å²) >= 11 is 0. The van der Waals surface area contributed by atoms with Crippen molar-refractivity contribution in [1.29, 1.82) is 0 Å². The standard InChI is InChI=1S/C14H22N2O4/c1-14(18,4-5-19-2)9-16-13(17)10-6-11(15)8-12(7-10)20-3/h6-8,18H,4-5,9,15H2,1-3H3,(H,16,17). The molecule has 6 heteroatoms. The molecule has 0 fully saturated rings. The molecule has 0 aliphatic heterocycles. The number of anilines is 1. The average Bonchev–Trinajstić information content (AvgIpc) is 2.42. The number of nitrogen functional groups attached to an aromatic ring is 1. The fourth-order valence-electron chi connectivity index (χ4n) is 1.65. The summed E-state index contributed by atoms with van der Waals surface area (Å²) in [5, 5.41) is 12.7. The minimum atomic E-state index is -1.02. The Morgan fingerprint density at radius 3 is 2.70 bits per heavy atom. The number of nitrogens with one attached hydrogen (secondary N) is 1. The number of carbonyl (C=O) groups is 1. The molecule has 1 rings (SSSR count). The van der Waals surface area contributed by atoms with Gasteiger partial charge in [-0.1, -0.05) is 0 Å². The third-order valence-corrected chi connectivity index (χ3v) is 2.90. The molecule has 0 heterocycles. The molecule has 112 valence electrons. The highest BCUT2D eigenvalue weighted by atomic mass is 16.5. The summed E-state index contributed by atoms with van der Waals surface area (Å²) in [4.78, 5) is 12.0. The molecule has 1 amide bonds. The maximum Gasteiger partial charge on any atom is 0.251 e. The third-order valence-electron chi connectivity index (χ3n) is 2.90. The molecule has 0 saturated heterocycles. The Hall–Kier alpha value is -1.79. The van der Waals surface area contributed by atoms with E-state index in [1.54, 1.807) is 32.2 Å². The van der Waals surface area contributed by atoms with Crippen LogP contribution in [0.25, 0.3) is 0 Å². The molecule has 1 aromatic rings. The van der Waals surface area contributed by atoms with E-state index in [1.165, 1.54) is 7.11 Å². The quantitative estimate of drug-likeness (QED) is 0.643. The van der Waals surface area contributed by atoms with Gasteiger partial charge in [0, 0.05) is 44.0 Å². The lowest BCUT2D eigenvalue weighted by Crippen LogP contribution is -2.41. The molecule has 0 saturated carbocycles. The van der Waals surface area contributed by atoms with Crippen LogP contribution in [0.3, 0.4) is 0 Å². The minimum Gasteiger partial charge on any atom is -0.497 e. The van der Waals surface area contributed by atoms with Crippen molar-refractivity contribution in [1.82, 2.24) is 5.32 Å². The first-order valence-electron chi connectivity index (χ1n) is 6.32. The van der Waals surface area contributed by atoms with E-state index >= 15 is 0 Å². The fraction of sp³-hybridized carbons (Fsp3) is 0.500. The number of nitrogens with two attached hydrogens (primary N) is 1. The fourth-order valence-corrected chi connectivity index (χ4v) is 1.65. The molecule has 0 radical (unpaired) electrons. The van der Waals surface area contributed by atoms with Gasteiger partial charge in [-0.2, -0.15) is 0 Å². The monoisotopic (exact) mass is 282 g/mol. The van der Waals surface area contributed by atoms with Gasteiger partial charge in [-0.3, -0.25) is 4.79 Å². The molecular formula is C14H22N2O4. The van der Waals surface area contributed by atoms with Crippen LogP contribution in [0.1, 0.15) is 23.7 Å². The predicted molar refractivity (Wildman–Crippen MR) is 76.9 cm³/mol. The van der Waals surface area contributed by atoms with Gasteiger partial charge < -0.3 is 25.6 Å². The predicted octanol–water partition coefficient (Wildman–Crippen LogP) is 0.795. The summed E-state index contributed by atoms with van der Waals surface area (Å²) in [6.07, 6.45) is 0.435. The van der Waals surface area contributed by atoms with Crippen LogP contribution < -0.4 is 15.8 Å². The van der Waals surface area contributed by atoms with Gasteiger partial charge in [0.25, 0.3) is 5.91 Å².